The normalized spacial score (nSPS) is 10.5. The Morgan fingerprint density at radius 1 is 0.963 bits per heavy atom. The highest BCUT2D eigenvalue weighted by molar-refractivity contribution is 8.01. The first-order valence-electron chi connectivity index (χ1n) is 8.84. The van der Waals surface area contributed by atoms with Gasteiger partial charge in [-0.15, -0.1) is 10.2 Å². The molecule has 0 saturated heterocycles. The maximum absolute atomic E-state index is 12.0. The zero-order valence-corrected chi connectivity index (χ0v) is 16.6. The highest BCUT2D eigenvalue weighted by Gasteiger charge is 2.08. The Morgan fingerprint density at radius 3 is 2.41 bits per heavy atom. The molecule has 0 unspecified atom stereocenters. The molecule has 7 heteroatoms. The van der Waals surface area contributed by atoms with Crippen LogP contribution in [-0.2, 0) is 17.8 Å². The van der Waals surface area contributed by atoms with Crippen LogP contribution in [0.2, 0.25) is 0 Å². The van der Waals surface area contributed by atoms with Gasteiger partial charge in [-0.05, 0) is 24.0 Å². The van der Waals surface area contributed by atoms with E-state index < -0.39 is 0 Å². The molecule has 27 heavy (non-hydrogen) atoms. The summed E-state index contributed by atoms with van der Waals surface area (Å²) in [7, 11) is 0. The molecule has 0 bridgehead atoms. The third kappa shape index (κ3) is 7.03. The first kappa shape index (κ1) is 19.4. The fourth-order valence-electron chi connectivity index (χ4n) is 2.46. The Bertz CT molecular complexity index is 824. The number of hydrogen-bond acceptors (Lipinski definition) is 6. The predicted octanol–water partition coefficient (Wildman–Crippen LogP) is 3.99. The van der Waals surface area contributed by atoms with Crippen molar-refractivity contribution in [1.82, 2.24) is 15.5 Å². The molecule has 5 nitrogen and oxygen atoms in total. The summed E-state index contributed by atoms with van der Waals surface area (Å²) in [4.78, 5) is 12.0. The fourth-order valence-corrected chi connectivity index (χ4v) is 4.03. The molecule has 0 spiro atoms. The van der Waals surface area contributed by atoms with Gasteiger partial charge in [-0.1, -0.05) is 83.8 Å². The molecule has 1 aromatic heterocycles. The molecule has 1 amide bonds. The van der Waals surface area contributed by atoms with Crippen molar-refractivity contribution in [2.45, 2.75) is 23.7 Å². The Morgan fingerprint density at radius 2 is 1.67 bits per heavy atom. The van der Waals surface area contributed by atoms with Crippen LogP contribution in [0.15, 0.2) is 65.0 Å². The first-order valence-corrected chi connectivity index (χ1v) is 10.6. The lowest BCUT2D eigenvalue weighted by atomic mass is 10.1. The number of thioether (sulfide) groups is 1. The van der Waals surface area contributed by atoms with Crippen molar-refractivity contribution in [2.75, 3.05) is 17.6 Å². The highest BCUT2D eigenvalue weighted by atomic mass is 32.2. The Labute approximate surface area is 167 Å². The molecule has 140 valence electrons. The second-order valence-corrected chi connectivity index (χ2v) is 8.14. The molecule has 0 radical (unpaired) electrons. The molecule has 0 saturated carbocycles. The Balaban J connectivity index is 1.31. The number of amides is 1. The van der Waals surface area contributed by atoms with E-state index in [1.807, 2.05) is 36.4 Å². The van der Waals surface area contributed by atoms with Crippen molar-refractivity contribution in [1.29, 1.82) is 0 Å². The minimum absolute atomic E-state index is 0.0297. The average molecular weight is 399 g/mol. The maximum Gasteiger partial charge on any atom is 0.230 e. The molecule has 0 aliphatic rings. The SMILES string of the molecule is O=C(CSc1nnc(NCc2ccccc2)s1)NCCCc1ccccc1. The molecule has 0 aliphatic heterocycles. The summed E-state index contributed by atoms with van der Waals surface area (Å²) in [6, 6.07) is 20.4. The van der Waals surface area contributed by atoms with E-state index in [-0.39, 0.29) is 5.91 Å². The van der Waals surface area contributed by atoms with Crippen LogP contribution in [0, 0.1) is 0 Å². The summed E-state index contributed by atoms with van der Waals surface area (Å²) in [5.74, 6) is 0.389. The number of aryl methyl sites for hydroxylation is 1. The molecule has 3 aromatic rings. The second kappa shape index (κ2) is 10.7. The summed E-state index contributed by atoms with van der Waals surface area (Å²) < 4.78 is 0.796. The maximum atomic E-state index is 12.0. The van der Waals surface area contributed by atoms with Crippen LogP contribution in [0.25, 0.3) is 0 Å². The van der Waals surface area contributed by atoms with Gasteiger partial charge in [-0.3, -0.25) is 4.79 Å². The van der Waals surface area contributed by atoms with Gasteiger partial charge >= 0.3 is 0 Å². The summed E-state index contributed by atoms with van der Waals surface area (Å²) in [5, 5.41) is 15.2. The number of benzene rings is 2. The quantitative estimate of drug-likeness (QED) is 0.399. The topological polar surface area (TPSA) is 66.9 Å². The lowest BCUT2D eigenvalue weighted by Gasteiger charge is -2.04. The standard InChI is InChI=1S/C20H22N4OS2/c25-18(21-13-7-12-16-8-3-1-4-9-16)15-26-20-24-23-19(27-20)22-14-17-10-5-2-6-11-17/h1-6,8-11H,7,12-15H2,(H,21,25)(H,22,23). The lowest BCUT2D eigenvalue weighted by molar-refractivity contribution is -0.118. The number of aromatic nitrogens is 2. The van der Waals surface area contributed by atoms with E-state index in [9.17, 15) is 4.79 Å². The van der Waals surface area contributed by atoms with Crippen LogP contribution in [0.1, 0.15) is 17.5 Å². The van der Waals surface area contributed by atoms with Gasteiger partial charge in [0.25, 0.3) is 0 Å². The summed E-state index contributed by atoms with van der Waals surface area (Å²) >= 11 is 2.89. The fraction of sp³-hybridized carbons (Fsp3) is 0.250. The first-order chi connectivity index (χ1) is 13.3. The van der Waals surface area contributed by atoms with Gasteiger partial charge in [0.05, 0.1) is 5.75 Å². The van der Waals surface area contributed by atoms with Crippen molar-refractivity contribution in [3.05, 3.63) is 71.8 Å². The average Bonchev–Trinajstić information content (AvgIpc) is 3.18. The van der Waals surface area contributed by atoms with Crippen molar-refractivity contribution in [3.63, 3.8) is 0 Å². The van der Waals surface area contributed by atoms with E-state index >= 15 is 0 Å². The third-order valence-electron chi connectivity index (χ3n) is 3.83. The van der Waals surface area contributed by atoms with Gasteiger partial charge in [-0.2, -0.15) is 0 Å². The van der Waals surface area contributed by atoms with Crippen LogP contribution in [0.5, 0.6) is 0 Å². The molecule has 2 aromatic carbocycles. The number of rotatable bonds is 10. The number of nitrogens with zero attached hydrogens (tertiary/aromatic N) is 2. The van der Waals surface area contributed by atoms with E-state index in [1.54, 1.807) is 0 Å². The zero-order valence-electron chi connectivity index (χ0n) is 14.9. The van der Waals surface area contributed by atoms with Gasteiger partial charge in [0.2, 0.25) is 11.0 Å². The monoisotopic (exact) mass is 398 g/mol. The van der Waals surface area contributed by atoms with Gasteiger partial charge in [0.1, 0.15) is 0 Å². The molecular weight excluding hydrogens is 376 g/mol. The zero-order chi connectivity index (χ0) is 18.7. The molecule has 3 rings (SSSR count). The molecule has 0 aliphatic carbocycles. The molecule has 1 heterocycles. The predicted molar refractivity (Wildman–Crippen MR) is 112 cm³/mol. The largest absolute Gasteiger partial charge is 0.356 e. The van der Waals surface area contributed by atoms with Crippen LogP contribution in [0.4, 0.5) is 5.13 Å². The van der Waals surface area contributed by atoms with E-state index in [0.717, 1.165) is 22.3 Å². The Kier molecular flexibility index (Phi) is 7.68. The number of hydrogen-bond donors (Lipinski definition) is 2. The van der Waals surface area contributed by atoms with Crippen molar-refractivity contribution < 1.29 is 4.79 Å². The number of anilines is 1. The van der Waals surface area contributed by atoms with E-state index in [0.29, 0.717) is 18.8 Å². The van der Waals surface area contributed by atoms with Gasteiger partial charge in [-0.25, -0.2) is 0 Å². The van der Waals surface area contributed by atoms with Crippen molar-refractivity contribution >= 4 is 34.1 Å². The van der Waals surface area contributed by atoms with E-state index in [2.05, 4.69) is 45.1 Å². The smallest absolute Gasteiger partial charge is 0.230 e. The second-order valence-electron chi connectivity index (χ2n) is 5.94. The van der Waals surface area contributed by atoms with Crippen LogP contribution in [-0.4, -0.2) is 28.4 Å². The number of carbonyl (C=O) groups is 1. The summed E-state index contributed by atoms with van der Waals surface area (Å²) in [6.45, 7) is 1.40. The third-order valence-corrected chi connectivity index (χ3v) is 5.84. The Hall–Kier alpha value is -2.38. The van der Waals surface area contributed by atoms with Gasteiger partial charge < -0.3 is 10.6 Å². The van der Waals surface area contributed by atoms with Crippen LogP contribution in [0.3, 0.4) is 0 Å². The summed E-state index contributed by atoms with van der Waals surface area (Å²) in [6.07, 6.45) is 1.91. The molecular formula is C20H22N4OS2. The lowest BCUT2D eigenvalue weighted by Crippen LogP contribution is -2.26. The van der Waals surface area contributed by atoms with Crippen LogP contribution >= 0.6 is 23.1 Å². The van der Waals surface area contributed by atoms with Crippen LogP contribution < -0.4 is 10.6 Å². The number of carbonyl (C=O) groups excluding carboxylic acids is 1. The van der Waals surface area contributed by atoms with Crippen molar-refractivity contribution in [2.24, 2.45) is 0 Å². The minimum atomic E-state index is 0.0297. The number of nitrogens with one attached hydrogen (secondary N) is 2. The van der Waals surface area contributed by atoms with E-state index in [4.69, 9.17) is 0 Å². The summed E-state index contributed by atoms with van der Waals surface area (Å²) in [5.41, 5.74) is 2.49. The van der Waals surface area contributed by atoms with E-state index in [1.165, 1.54) is 34.2 Å². The molecule has 2 N–H and O–H groups in total. The molecule has 0 fully saturated rings. The molecule has 0 atom stereocenters. The van der Waals surface area contributed by atoms with Gasteiger partial charge in [0, 0.05) is 13.1 Å². The highest BCUT2D eigenvalue weighted by Crippen LogP contribution is 2.25. The van der Waals surface area contributed by atoms with Gasteiger partial charge in [0.15, 0.2) is 4.34 Å². The van der Waals surface area contributed by atoms with Crippen molar-refractivity contribution in [3.8, 4) is 0 Å². The minimum Gasteiger partial charge on any atom is -0.356 e.